The van der Waals surface area contributed by atoms with Crippen molar-refractivity contribution in [2.24, 2.45) is 0 Å². The van der Waals surface area contributed by atoms with Crippen LogP contribution in [0.4, 0.5) is 4.79 Å². The molecule has 3 amide bonds. The van der Waals surface area contributed by atoms with Crippen LogP contribution in [0, 0.1) is 0 Å². The van der Waals surface area contributed by atoms with E-state index in [1.807, 2.05) is 60.5 Å². The number of carbonyl (C=O) groups is 3. The number of nitrogens with one attached hydrogen (secondary N) is 3. The Morgan fingerprint density at radius 2 is 1.16 bits per heavy atom. The molecular weight excluding hydrogens is 703 g/mol. The third-order valence-electron chi connectivity index (χ3n) is 9.12. The fourth-order valence-electron chi connectivity index (χ4n) is 6.48. The number of nitrogens with zero attached hydrogens (tertiary/aromatic N) is 4. The second-order valence-electron chi connectivity index (χ2n) is 13.6. The number of imidazole rings is 2. The van der Waals surface area contributed by atoms with E-state index in [0.717, 1.165) is 68.6 Å². The summed E-state index contributed by atoms with van der Waals surface area (Å²) in [6.07, 6.45) is 6.23. The molecule has 0 unspecified atom stereocenters. The molecule has 0 radical (unpaired) electrons. The van der Waals surface area contributed by atoms with E-state index in [4.69, 9.17) is 0 Å². The van der Waals surface area contributed by atoms with Gasteiger partial charge in [0.2, 0.25) is 11.8 Å². The van der Waals surface area contributed by atoms with Crippen LogP contribution >= 0.6 is 0 Å². The third-order valence-corrected chi connectivity index (χ3v) is 9.12. The lowest BCUT2D eigenvalue weighted by Crippen LogP contribution is -2.40. The number of benzene rings is 4. The smallest absolute Gasteiger partial charge is 0.407 e. The number of methoxy groups -OCH3 is 1. The number of rotatable bonds is 15. The predicted octanol–water partition coefficient (Wildman–Crippen LogP) is 8.78. The molecule has 11 nitrogen and oxygen atoms in total. The van der Waals surface area contributed by atoms with Gasteiger partial charge in [0.15, 0.2) is 0 Å². The maximum Gasteiger partial charge on any atom is 0.407 e. The molecule has 292 valence electrons. The number of amides is 3. The number of hydrogen-bond acceptors (Lipinski definition) is 6. The number of aromatic nitrogens is 4. The molecule has 6 aromatic rings. The van der Waals surface area contributed by atoms with Crippen molar-refractivity contribution >= 4 is 28.7 Å². The number of carbonyl (C=O) groups excluding carboxylic acids is 3. The Balaban J connectivity index is 0.00000194. The Hall–Kier alpha value is -6.23. The molecule has 0 saturated heterocycles. The fourth-order valence-corrected chi connectivity index (χ4v) is 6.48. The quantitative estimate of drug-likeness (QED) is 0.0959. The zero-order valence-electron chi connectivity index (χ0n) is 33.1. The van der Waals surface area contributed by atoms with Crippen molar-refractivity contribution < 1.29 is 19.1 Å². The van der Waals surface area contributed by atoms with Gasteiger partial charge in [-0.15, -0.1) is 0 Å². The Morgan fingerprint density at radius 3 is 1.77 bits per heavy atom. The molecule has 6 rings (SSSR count). The van der Waals surface area contributed by atoms with E-state index in [0.29, 0.717) is 38.4 Å². The number of hydrogen-bond donors (Lipinski definition) is 3. The normalized spacial score (nSPS) is 10.7. The number of ether oxygens (including phenoxy) is 1. The van der Waals surface area contributed by atoms with Crippen molar-refractivity contribution in [2.45, 2.75) is 66.5 Å². The molecule has 56 heavy (non-hydrogen) atoms. The van der Waals surface area contributed by atoms with Gasteiger partial charge >= 0.3 is 6.09 Å². The molecule has 0 bridgehead atoms. The molecule has 2 heterocycles. The molecule has 4 aromatic carbocycles. The number of alkyl carbamates (subject to hydrolysis) is 1. The SMILES string of the molecule is CCC.CCCN(Cc1ncc(-c2ccc(-c3ccc(-c4cnc(CN(CCC)C(=O)Cc5ccccc5)[nH]4)c4ccccc34)cc2)[nH]1)C(=O)CNC(=O)OC. The van der Waals surface area contributed by atoms with Gasteiger partial charge in [0.1, 0.15) is 18.2 Å². The molecule has 0 aliphatic heterocycles. The number of fused-ring (bicyclic) bond motifs is 1. The monoisotopic (exact) mass is 755 g/mol. The van der Waals surface area contributed by atoms with Crippen LogP contribution in [0.5, 0.6) is 0 Å². The molecular formula is C45H53N7O4. The van der Waals surface area contributed by atoms with E-state index >= 15 is 0 Å². The van der Waals surface area contributed by atoms with Crippen LogP contribution in [0.25, 0.3) is 44.4 Å². The molecule has 0 saturated carbocycles. The lowest BCUT2D eigenvalue weighted by Gasteiger charge is -2.21. The second-order valence-corrected chi connectivity index (χ2v) is 13.6. The zero-order chi connectivity index (χ0) is 39.9. The summed E-state index contributed by atoms with van der Waals surface area (Å²) >= 11 is 0. The average molecular weight is 756 g/mol. The highest BCUT2D eigenvalue weighted by Crippen LogP contribution is 2.36. The number of H-pyrrole nitrogens is 2. The summed E-state index contributed by atoms with van der Waals surface area (Å²) in [5.74, 6) is 1.28. The van der Waals surface area contributed by atoms with Gasteiger partial charge in [0.05, 0.1) is 50.4 Å². The lowest BCUT2D eigenvalue weighted by atomic mass is 9.93. The van der Waals surface area contributed by atoms with Crippen LogP contribution in [-0.2, 0) is 33.8 Å². The Labute approximate surface area is 329 Å². The predicted molar refractivity (Wildman–Crippen MR) is 222 cm³/mol. The summed E-state index contributed by atoms with van der Waals surface area (Å²) < 4.78 is 4.58. The maximum absolute atomic E-state index is 13.2. The maximum atomic E-state index is 13.2. The van der Waals surface area contributed by atoms with Crippen molar-refractivity contribution in [1.29, 1.82) is 0 Å². The Bertz CT molecular complexity index is 2180. The van der Waals surface area contributed by atoms with Crippen LogP contribution in [-0.4, -0.2) is 74.4 Å². The fraction of sp³-hybridized carbons (Fsp3) is 0.311. The Morgan fingerprint density at radius 1 is 0.643 bits per heavy atom. The molecule has 0 spiro atoms. The highest BCUT2D eigenvalue weighted by Gasteiger charge is 2.19. The van der Waals surface area contributed by atoms with Gasteiger partial charge in [0.25, 0.3) is 0 Å². The molecule has 0 aliphatic rings. The van der Waals surface area contributed by atoms with E-state index < -0.39 is 6.09 Å². The van der Waals surface area contributed by atoms with Crippen molar-refractivity contribution in [3.8, 4) is 33.6 Å². The Kier molecular flexibility index (Phi) is 15.0. The first kappa shape index (κ1) is 40.9. The van der Waals surface area contributed by atoms with Gasteiger partial charge in [-0.1, -0.05) is 125 Å². The van der Waals surface area contributed by atoms with E-state index in [1.165, 1.54) is 13.5 Å². The third kappa shape index (κ3) is 10.7. The molecule has 3 N–H and O–H groups in total. The summed E-state index contributed by atoms with van der Waals surface area (Å²) in [6, 6.07) is 30.8. The van der Waals surface area contributed by atoms with Crippen LogP contribution in [0.3, 0.4) is 0 Å². The standard InChI is InChI=1S/C42H45N7O4.C3H8/c1-4-21-48(40(50)23-29-11-7-6-8-12-29)27-39-44-25-37(47-39)35-20-19-32(33-13-9-10-14-34(33)35)30-15-17-31(18-16-30)36-24-43-38(46-36)28-49(22-5-2)41(51)26-45-42(52)53-3;1-3-2/h6-20,24-25H,4-5,21-23,26-28H2,1-3H3,(H,43,46)(H,44,47)(H,45,52);3H2,1-2H3. The van der Waals surface area contributed by atoms with Crippen LogP contribution in [0.1, 0.15) is 64.2 Å². The van der Waals surface area contributed by atoms with Gasteiger partial charge in [-0.2, -0.15) is 0 Å². The topological polar surface area (TPSA) is 136 Å². The first-order valence-corrected chi connectivity index (χ1v) is 19.4. The van der Waals surface area contributed by atoms with Crippen LogP contribution in [0.15, 0.2) is 103 Å². The summed E-state index contributed by atoms with van der Waals surface area (Å²) in [5, 5.41) is 4.66. The number of aromatic amines is 2. The van der Waals surface area contributed by atoms with E-state index in [-0.39, 0.29) is 18.4 Å². The second kappa shape index (κ2) is 20.5. The van der Waals surface area contributed by atoms with E-state index in [2.05, 4.69) is 99.3 Å². The summed E-state index contributed by atoms with van der Waals surface area (Å²) in [5.41, 5.74) is 6.94. The van der Waals surface area contributed by atoms with Gasteiger partial charge in [0, 0.05) is 18.7 Å². The minimum absolute atomic E-state index is 0.0849. The highest BCUT2D eigenvalue weighted by atomic mass is 16.5. The molecule has 0 atom stereocenters. The first-order valence-electron chi connectivity index (χ1n) is 19.4. The summed E-state index contributed by atoms with van der Waals surface area (Å²) in [6.45, 7) is 10.1. The molecule has 11 heteroatoms. The van der Waals surface area contributed by atoms with Gasteiger partial charge in [-0.05, 0) is 45.9 Å². The van der Waals surface area contributed by atoms with Gasteiger partial charge in [-0.3, -0.25) is 9.59 Å². The van der Waals surface area contributed by atoms with Gasteiger partial charge < -0.3 is 29.8 Å². The minimum Gasteiger partial charge on any atom is -0.453 e. The van der Waals surface area contributed by atoms with Crippen molar-refractivity contribution in [2.75, 3.05) is 26.7 Å². The molecule has 0 fully saturated rings. The summed E-state index contributed by atoms with van der Waals surface area (Å²) in [7, 11) is 1.26. The van der Waals surface area contributed by atoms with E-state index in [1.54, 1.807) is 11.1 Å². The molecule has 0 aliphatic carbocycles. The van der Waals surface area contributed by atoms with Crippen LogP contribution in [0.2, 0.25) is 0 Å². The van der Waals surface area contributed by atoms with Crippen LogP contribution < -0.4 is 5.32 Å². The summed E-state index contributed by atoms with van der Waals surface area (Å²) in [4.78, 5) is 57.0. The lowest BCUT2D eigenvalue weighted by molar-refractivity contribution is -0.131. The van der Waals surface area contributed by atoms with Gasteiger partial charge in [-0.25, -0.2) is 14.8 Å². The average Bonchev–Trinajstić information content (AvgIpc) is 3.90. The molecule has 2 aromatic heterocycles. The van der Waals surface area contributed by atoms with E-state index in [9.17, 15) is 14.4 Å². The largest absolute Gasteiger partial charge is 0.453 e. The minimum atomic E-state index is -0.645. The zero-order valence-corrected chi connectivity index (χ0v) is 33.1. The first-order chi connectivity index (χ1) is 27.3. The van der Waals surface area contributed by atoms with Crippen molar-refractivity contribution in [3.05, 3.63) is 121 Å². The highest BCUT2D eigenvalue weighted by molar-refractivity contribution is 6.04. The van der Waals surface area contributed by atoms with Crippen molar-refractivity contribution in [3.63, 3.8) is 0 Å². The van der Waals surface area contributed by atoms with Crippen molar-refractivity contribution in [1.82, 2.24) is 35.1 Å².